The fourth-order valence-electron chi connectivity index (χ4n) is 1.97. The summed E-state index contributed by atoms with van der Waals surface area (Å²) in [6.45, 7) is 7.98. The Bertz CT molecular complexity index is 616. The summed E-state index contributed by atoms with van der Waals surface area (Å²) in [6, 6.07) is 3.88. The summed E-state index contributed by atoms with van der Waals surface area (Å²) in [5.74, 6) is 2.27. The summed E-state index contributed by atoms with van der Waals surface area (Å²) in [7, 11) is 3.22. The Morgan fingerprint density at radius 2 is 1.76 bits per heavy atom. The number of nitrogens with one attached hydrogen (secondary N) is 3. The van der Waals surface area contributed by atoms with E-state index in [1.807, 2.05) is 39.8 Å². The first-order valence-electron chi connectivity index (χ1n) is 7.82. The van der Waals surface area contributed by atoms with Gasteiger partial charge in [-0.1, -0.05) is 0 Å². The number of carbonyl (C=O) groups is 1. The molecule has 0 aliphatic heterocycles. The summed E-state index contributed by atoms with van der Waals surface area (Å²) < 4.78 is 10.6. The quantitative estimate of drug-likeness (QED) is 0.513. The smallest absolute Gasteiger partial charge is 0.248 e. The van der Waals surface area contributed by atoms with Crippen molar-refractivity contribution < 1.29 is 14.3 Å². The highest BCUT2D eigenvalue weighted by atomic mass is 32.2. The molecule has 0 aromatic heterocycles. The fourth-order valence-corrected chi connectivity index (χ4v) is 3.21. The lowest BCUT2D eigenvalue weighted by Crippen LogP contribution is -2.52. The third kappa shape index (κ3) is 7.83. The number of thioether (sulfide) groups is 1. The van der Waals surface area contributed by atoms with E-state index in [0.717, 1.165) is 11.1 Å². The largest absolute Gasteiger partial charge is 0.493 e. The van der Waals surface area contributed by atoms with Crippen LogP contribution in [0.25, 0.3) is 0 Å². The molecule has 1 aromatic carbocycles. The maximum atomic E-state index is 11.9. The molecule has 3 N–H and O–H groups in total. The molecular weight excluding hydrogens is 358 g/mol. The predicted molar refractivity (Wildman–Crippen MR) is 107 cm³/mol. The van der Waals surface area contributed by atoms with Gasteiger partial charge in [0.05, 0.1) is 20.0 Å². The topological polar surface area (TPSA) is 71.6 Å². The van der Waals surface area contributed by atoms with Crippen molar-refractivity contribution in [3.05, 3.63) is 23.3 Å². The highest BCUT2D eigenvalue weighted by Crippen LogP contribution is 2.31. The third-order valence-corrected chi connectivity index (χ3v) is 4.32. The van der Waals surface area contributed by atoms with Crippen molar-refractivity contribution >= 4 is 35.0 Å². The maximum absolute atomic E-state index is 11.9. The first-order valence-corrected chi connectivity index (χ1v) is 9.39. The summed E-state index contributed by atoms with van der Waals surface area (Å²) in [5, 5.41) is 3.45. The minimum Gasteiger partial charge on any atom is -0.493 e. The molecule has 0 bridgehead atoms. The van der Waals surface area contributed by atoms with Crippen LogP contribution in [0.5, 0.6) is 11.5 Å². The molecule has 1 aromatic rings. The molecular formula is C17H27N3O3S2. The molecule has 1 amide bonds. The second-order valence-electron chi connectivity index (χ2n) is 6.50. The fraction of sp³-hybridized carbons (Fsp3) is 0.529. The first-order chi connectivity index (χ1) is 11.7. The minimum absolute atomic E-state index is 0.138. The zero-order chi connectivity index (χ0) is 19.0. The molecule has 0 radical (unpaired) electrons. The van der Waals surface area contributed by atoms with E-state index in [2.05, 4.69) is 16.2 Å². The molecule has 0 heterocycles. The van der Waals surface area contributed by atoms with Crippen LogP contribution in [0.15, 0.2) is 12.1 Å². The number of benzene rings is 1. The number of ether oxygens (including phenoxy) is 2. The van der Waals surface area contributed by atoms with Gasteiger partial charge in [-0.2, -0.15) is 0 Å². The van der Waals surface area contributed by atoms with Gasteiger partial charge >= 0.3 is 0 Å². The second kappa shape index (κ2) is 9.72. The predicted octanol–water partition coefficient (Wildman–Crippen LogP) is 2.54. The van der Waals surface area contributed by atoms with Gasteiger partial charge in [0.25, 0.3) is 0 Å². The van der Waals surface area contributed by atoms with E-state index < -0.39 is 0 Å². The van der Waals surface area contributed by atoms with E-state index >= 15 is 0 Å². The van der Waals surface area contributed by atoms with E-state index in [9.17, 15) is 4.79 Å². The number of hydrogen-bond donors (Lipinski definition) is 3. The summed E-state index contributed by atoms with van der Waals surface area (Å²) >= 11 is 6.62. The lowest BCUT2D eigenvalue weighted by molar-refractivity contribution is -0.119. The first kappa shape index (κ1) is 21.4. The van der Waals surface area contributed by atoms with E-state index in [-0.39, 0.29) is 11.4 Å². The van der Waals surface area contributed by atoms with E-state index in [1.54, 1.807) is 14.2 Å². The molecule has 8 heteroatoms. The van der Waals surface area contributed by atoms with Crippen molar-refractivity contribution in [1.82, 2.24) is 16.2 Å². The van der Waals surface area contributed by atoms with Crippen LogP contribution in [-0.2, 0) is 10.5 Å². The van der Waals surface area contributed by atoms with Gasteiger partial charge < -0.3 is 14.8 Å². The summed E-state index contributed by atoms with van der Waals surface area (Å²) in [5.41, 5.74) is 7.34. The molecule has 0 atom stereocenters. The highest BCUT2D eigenvalue weighted by Gasteiger charge is 2.12. The lowest BCUT2D eigenvalue weighted by atomic mass is 10.1. The molecule has 0 spiro atoms. The van der Waals surface area contributed by atoms with Crippen molar-refractivity contribution in [1.29, 1.82) is 0 Å². The van der Waals surface area contributed by atoms with Crippen molar-refractivity contribution in [2.75, 3.05) is 20.0 Å². The van der Waals surface area contributed by atoms with E-state index in [0.29, 0.717) is 28.1 Å². The molecule has 6 nitrogen and oxygen atoms in total. The number of methoxy groups -OCH3 is 2. The summed E-state index contributed by atoms with van der Waals surface area (Å²) in [6.07, 6.45) is 0. The molecule has 25 heavy (non-hydrogen) atoms. The standard InChI is InChI=1S/C17H27N3O3S2/c1-11-7-13(22-5)14(23-6)8-12(11)9-25-10-15(21)19-20-16(24)18-17(2,3)4/h7-8H,9-10H2,1-6H3,(H,19,21)(H2,18,20,24). The number of hydrazine groups is 1. The number of carbonyl (C=O) groups excluding carboxylic acids is 1. The SMILES string of the molecule is COc1cc(C)c(CSCC(=O)NNC(=S)NC(C)(C)C)cc1OC. The number of thiocarbonyl (C=S) groups is 1. The van der Waals surface area contributed by atoms with Gasteiger partial charge in [0.15, 0.2) is 16.6 Å². The normalized spacial score (nSPS) is 10.8. The van der Waals surface area contributed by atoms with Crippen LogP contribution < -0.4 is 25.6 Å². The Labute approximate surface area is 159 Å². The van der Waals surface area contributed by atoms with E-state index in [1.165, 1.54) is 11.8 Å². The molecule has 0 aliphatic rings. The molecule has 0 fully saturated rings. The second-order valence-corrected chi connectivity index (χ2v) is 7.90. The Morgan fingerprint density at radius 3 is 2.32 bits per heavy atom. The van der Waals surface area contributed by atoms with Gasteiger partial charge in [-0.25, -0.2) is 0 Å². The van der Waals surface area contributed by atoms with Crippen molar-refractivity contribution in [3.63, 3.8) is 0 Å². The Kier molecular flexibility index (Phi) is 8.31. The highest BCUT2D eigenvalue weighted by molar-refractivity contribution is 7.99. The van der Waals surface area contributed by atoms with Crippen molar-refractivity contribution in [2.24, 2.45) is 0 Å². The molecule has 0 aliphatic carbocycles. The van der Waals surface area contributed by atoms with Crippen LogP contribution in [0.3, 0.4) is 0 Å². The average Bonchev–Trinajstić information content (AvgIpc) is 2.52. The monoisotopic (exact) mass is 385 g/mol. The molecule has 0 saturated heterocycles. The molecule has 1 rings (SSSR count). The van der Waals surface area contributed by atoms with Crippen LogP contribution in [0.2, 0.25) is 0 Å². The van der Waals surface area contributed by atoms with Crippen LogP contribution in [-0.4, -0.2) is 36.5 Å². The molecule has 0 saturated carbocycles. The van der Waals surface area contributed by atoms with Crippen molar-refractivity contribution in [2.45, 2.75) is 39.0 Å². The van der Waals surface area contributed by atoms with Crippen LogP contribution in [0.4, 0.5) is 0 Å². The van der Waals surface area contributed by atoms with Gasteiger partial charge in [-0.15, -0.1) is 11.8 Å². The summed E-state index contributed by atoms with van der Waals surface area (Å²) in [4.78, 5) is 11.9. The van der Waals surface area contributed by atoms with Crippen LogP contribution >= 0.6 is 24.0 Å². The zero-order valence-electron chi connectivity index (χ0n) is 15.6. The lowest BCUT2D eigenvalue weighted by Gasteiger charge is -2.23. The van der Waals surface area contributed by atoms with Gasteiger partial charge in [0.2, 0.25) is 5.91 Å². The van der Waals surface area contributed by atoms with Crippen LogP contribution in [0.1, 0.15) is 31.9 Å². The molecule has 0 unspecified atom stereocenters. The van der Waals surface area contributed by atoms with Gasteiger partial charge in [0.1, 0.15) is 0 Å². The number of amides is 1. The van der Waals surface area contributed by atoms with Gasteiger partial charge in [-0.05, 0) is 63.2 Å². The maximum Gasteiger partial charge on any atom is 0.248 e. The number of aryl methyl sites for hydroxylation is 1. The van der Waals surface area contributed by atoms with E-state index in [4.69, 9.17) is 21.7 Å². The minimum atomic E-state index is -0.158. The van der Waals surface area contributed by atoms with Crippen LogP contribution in [0, 0.1) is 6.92 Å². The average molecular weight is 386 g/mol. The Balaban J connectivity index is 2.44. The van der Waals surface area contributed by atoms with Crippen molar-refractivity contribution in [3.8, 4) is 11.5 Å². The Morgan fingerprint density at radius 1 is 1.16 bits per heavy atom. The zero-order valence-corrected chi connectivity index (χ0v) is 17.2. The number of rotatable bonds is 6. The molecule has 140 valence electrons. The van der Waals surface area contributed by atoms with Gasteiger partial charge in [0, 0.05) is 11.3 Å². The van der Waals surface area contributed by atoms with Gasteiger partial charge in [-0.3, -0.25) is 15.6 Å². The third-order valence-electron chi connectivity index (χ3n) is 3.14. The Hall–Kier alpha value is -1.67. The number of hydrogen-bond acceptors (Lipinski definition) is 5.